The first-order valence-electron chi connectivity index (χ1n) is 6.75. The summed E-state index contributed by atoms with van der Waals surface area (Å²) < 4.78 is 5.13. The minimum absolute atomic E-state index is 0.155. The molecule has 0 aliphatic heterocycles. The smallest absolute Gasteiger partial charge is 0.236 e. The summed E-state index contributed by atoms with van der Waals surface area (Å²) in [6.45, 7) is 2.45. The number of nitrogens with one attached hydrogen (secondary N) is 1. The monoisotopic (exact) mass is 262 g/mol. The number of methoxy groups -OCH3 is 1. The van der Waals surface area contributed by atoms with Gasteiger partial charge in [0.05, 0.1) is 13.7 Å². The topological polar surface area (TPSA) is 41.6 Å². The number of likely N-dealkylation sites (N-methyl/N-ethyl adjacent to an activating group) is 1. The summed E-state index contributed by atoms with van der Waals surface area (Å²) in [5.41, 5.74) is 1.16. The Morgan fingerprint density at radius 2 is 2.05 bits per heavy atom. The lowest BCUT2D eigenvalue weighted by atomic mass is 10.1. The Morgan fingerprint density at radius 3 is 2.58 bits per heavy atom. The first kappa shape index (κ1) is 13.9. The number of rotatable bonds is 6. The highest BCUT2D eigenvalue weighted by Gasteiger charge is 2.29. The Morgan fingerprint density at radius 1 is 1.42 bits per heavy atom. The van der Waals surface area contributed by atoms with Crippen LogP contribution in [0.25, 0.3) is 0 Å². The minimum atomic E-state index is 0.155. The maximum atomic E-state index is 11.9. The molecule has 1 atom stereocenters. The van der Waals surface area contributed by atoms with Gasteiger partial charge in [-0.25, -0.2) is 0 Å². The van der Waals surface area contributed by atoms with Crippen molar-refractivity contribution < 1.29 is 9.53 Å². The Labute approximate surface area is 114 Å². The van der Waals surface area contributed by atoms with Crippen molar-refractivity contribution in [3.8, 4) is 5.75 Å². The second kappa shape index (κ2) is 6.06. The molecular weight excluding hydrogens is 240 g/mol. The van der Waals surface area contributed by atoms with Gasteiger partial charge in [0.2, 0.25) is 5.91 Å². The Hall–Kier alpha value is -1.55. The van der Waals surface area contributed by atoms with Crippen LogP contribution in [-0.4, -0.2) is 37.6 Å². The Balaban J connectivity index is 1.82. The average Bonchev–Trinajstić information content (AvgIpc) is 3.28. The summed E-state index contributed by atoms with van der Waals surface area (Å²) in [5.74, 6) is 1.02. The van der Waals surface area contributed by atoms with Crippen molar-refractivity contribution in [2.75, 3.05) is 20.7 Å². The van der Waals surface area contributed by atoms with E-state index in [9.17, 15) is 4.79 Å². The second-order valence-electron chi connectivity index (χ2n) is 5.11. The molecular formula is C15H22N2O2. The summed E-state index contributed by atoms with van der Waals surface area (Å²) in [4.78, 5) is 13.8. The summed E-state index contributed by atoms with van der Waals surface area (Å²) >= 11 is 0. The molecule has 0 bridgehead atoms. The Kier molecular flexibility index (Phi) is 4.43. The van der Waals surface area contributed by atoms with Gasteiger partial charge in [0.15, 0.2) is 0 Å². The Bertz CT molecular complexity index is 426. The second-order valence-corrected chi connectivity index (χ2v) is 5.11. The van der Waals surface area contributed by atoms with Gasteiger partial charge in [0.1, 0.15) is 5.75 Å². The fourth-order valence-electron chi connectivity index (χ4n) is 2.04. The number of carbonyl (C=O) groups is 1. The van der Waals surface area contributed by atoms with Crippen LogP contribution in [0.5, 0.6) is 5.75 Å². The van der Waals surface area contributed by atoms with E-state index in [2.05, 4.69) is 12.2 Å². The predicted octanol–water partition coefficient (Wildman–Crippen LogP) is 1.97. The summed E-state index contributed by atoms with van der Waals surface area (Å²) in [6, 6.07) is 8.54. The molecule has 0 aromatic heterocycles. The van der Waals surface area contributed by atoms with Gasteiger partial charge in [-0.1, -0.05) is 12.1 Å². The molecule has 0 saturated heterocycles. The van der Waals surface area contributed by atoms with Crippen LogP contribution >= 0.6 is 0 Å². The standard InChI is InChI=1S/C15H22N2O2/c1-11(12-4-8-14(19-3)9-5-12)16-10-15(18)17(2)13-6-7-13/h4-5,8-9,11,13,16H,6-7,10H2,1-3H3/t11-/m0/s1. The number of hydrogen-bond donors (Lipinski definition) is 1. The van der Waals surface area contributed by atoms with E-state index < -0.39 is 0 Å². The van der Waals surface area contributed by atoms with E-state index in [0.717, 1.165) is 24.2 Å². The van der Waals surface area contributed by atoms with Gasteiger partial charge in [0.25, 0.3) is 0 Å². The van der Waals surface area contributed by atoms with E-state index in [-0.39, 0.29) is 11.9 Å². The number of hydrogen-bond acceptors (Lipinski definition) is 3. The molecule has 0 spiro atoms. The molecule has 1 aromatic rings. The largest absolute Gasteiger partial charge is 0.497 e. The molecule has 19 heavy (non-hydrogen) atoms. The molecule has 2 rings (SSSR count). The number of ether oxygens (including phenoxy) is 1. The first-order valence-corrected chi connectivity index (χ1v) is 6.75. The fraction of sp³-hybridized carbons (Fsp3) is 0.533. The average molecular weight is 262 g/mol. The molecule has 1 aromatic carbocycles. The van der Waals surface area contributed by atoms with Crippen LogP contribution in [0, 0.1) is 0 Å². The molecule has 0 heterocycles. The first-order chi connectivity index (χ1) is 9.11. The molecule has 4 nitrogen and oxygen atoms in total. The van der Waals surface area contributed by atoms with E-state index in [1.54, 1.807) is 7.11 Å². The van der Waals surface area contributed by atoms with E-state index in [0.29, 0.717) is 12.6 Å². The molecule has 1 fully saturated rings. The number of amides is 1. The SMILES string of the molecule is COc1ccc([C@H](C)NCC(=O)N(C)C2CC2)cc1. The van der Waals surface area contributed by atoms with Crippen LogP contribution in [0.15, 0.2) is 24.3 Å². The highest BCUT2D eigenvalue weighted by molar-refractivity contribution is 5.78. The molecule has 1 saturated carbocycles. The molecule has 0 radical (unpaired) electrons. The predicted molar refractivity (Wildman–Crippen MR) is 75.2 cm³/mol. The molecule has 1 N–H and O–H groups in total. The van der Waals surface area contributed by atoms with Crippen molar-refractivity contribution >= 4 is 5.91 Å². The van der Waals surface area contributed by atoms with Crippen LogP contribution in [0.3, 0.4) is 0 Å². The highest BCUT2D eigenvalue weighted by Crippen LogP contribution is 2.25. The van der Waals surface area contributed by atoms with Gasteiger partial charge >= 0.3 is 0 Å². The summed E-state index contributed by atoms with van der Waals surface area (Å²) in [5, 5.41) is 3.27. The molecule has 1 aliphatic rings. The number of nitrogens with zero attached hydrogens (tertiary/aromatic N) is 1. The highest BCUT2D eigenvalue weighted by atomic mass is 16.5. The fourth-order valence-corrected chi connectivity index (χ4v) is 2.04. The van der Waals surface area contributed by atoms with Gasteiger partial charge in [0, 0.05) is 19.1 Å². The van der Waals surface area contributed by atoms with Crippen molar-refractivity contribution in [1.82, 2.24) is 10.2 Å². The van der Waals surface area contributed by atoms with Crippen LogP contribution < -0.4 is 10.1 Å². The van der Waals surface area contributed by atoms with Crippen molar-refractivity contribution in [3.63, 3.8) is 0 Å². The third-order valence-electron chi connectivity index (χ3n) is 3.66. The maximum Gasteiger partial charge on any atom is 0.236 e. The zero-order valence-electron chi connectivity index (χ0n) is 11.8. The molecule has 1 aliphatic carbocycles. The summed E-state index contributed by atoms with van der Waals surface area (Å²) in [7, 11) is 3.54. The molecule has 1 amide bonds. The lowest BCUT2D eigenvalue weighted by molar-refractivity contribution is -0.129. The maximum absolute atomic E-state index is 11.9. The third kappa shape index (κ3) is 3.70. The van der Waals surface area contributed by atoms with Gasteiger partial charge in [-0.15, -0.1) is 0 Å². The quantitative estimate of drug-likeness (QED) is 0.852. The van der Waals surface area contributed by atoms with Gasteiger partial charge in [-0.2, -0.15) is 0 Å². The van der Waals surface area contributed by atoms with Crippen LogP contribution in [-0.2, 0) is 4.79 Å². The van der Waals surface area contributed by atoms with Crippen molar-refractivity contribution in [2.45, 2.75) is 31.8 Å². The third-order valence-corrected chi connectivity index (χ3v) is 3.66. The number of benzene rings is 1. The van der Waals surface area contributed by atoms with Crippen molar-refractivity contribution in [3.05, 3.63) is 29.8 Å². The van der Waals surface area contributed by atoms with Gasteiger partial charge < -0.3 is 15.0 Å². The minimum Gasteiger partial charge on any atom is -0.497 e. The van der Waals surface area contributed by atoms with E-state index in [1.165, 1.54) is 0 Å². The van der Waals surface area contributed by atoms with Gasteiger partial charge in [-0.3, -0.25) is 4.79 Å². The lowest BCUT2D eigenvalue weighted by Gasteiger charge is -2.19. The molecule has 104 valence electrons. The van der Waals surface area contributed by atoms with Crippen LogP contribution in [0.4, 0.5) is 0 Å². The van der Waals surface area contributed by atoms with Gasteiger partial charge in [-0.05, 0) is 37.5 Å². The van der Waals surface area contributed by atoms with E-state index >= 15 is 0 Å². The van der Waals surface area contributed by atoms with E-state index in [4.69, 9.17) is 4.74 Å². The molecule has 4 heteroatoms. The number of carbonyl (C=O) groups excluding carboxylic acids is 1. The zero-order valence-corrected chi connectivity index (χ0v) is 11.8. The zero-order chi connectivity index (χ0) is 13.8. The molecule has 0 unspecified atom stereocenters. The summed E-state index contributed by atoms with van der Waals surface area (Å²) in [6.07, 6.45) is 2.30. The van der Waals surface area contributed by atoms with Crippen molar-refractivity contribution in [2.24, 2.45) is 0 Å². The van der Waals surface area contributed by atoms with Crippen molar-refractivity contribution in [1.29, 1.82) is 0 Å². The van der Waals surface area contributed by atoms with Crippen LogP contribution in [0.2, 0.25) is 0 Å². The van der Waals surface area contributed by atoms with E-state index in [1.807, 2.05) is 36.2 Å². The normalized spacial score (nSPS) is 15.9. The van der Waals surface area contributed by atoms with Crippen LogP contribution in [0.1, 0.15) is 31.4 Å². The lowest BCUT2D eigenvalue weighted by Crippen LogP contribution is -2.37.